The number of nitro benzene ring substituents is 1. The van der Waals surface area contributed by atoms with E-state index in [-0.39, 0.29) is 12.1 Å². The topological polar surface area (TPSA) is 111 Å². The highest BCUT2D eigenvalue weighted by Gasteiger charge is 2.14. The molecule has 0 saturated heterocycles. The molecule has 3 rings (SSSR count). The number of nitro groups is 1. The lowest BCUT2D eigenvalue weighted by Gasteiger charge is -2.01. The first-order valence-electron chi connectivity index (χ1n) is 8.71. The summed E-state index contributed by atoms with van der Waals surface area (Å²) in [5.41, 5.74) is 1.52. The zero-order valence-corrected chi connectivity index (χ0v) is 15.3. The van der Waals surface area contributed by atoms with Crippen LogP contribution >= 0.6 is 0 Å². The Morgan fingerprint density at radius 1 is 1.24 bits per heavy atom. The predicted octanol–water partition coefficient (Wildman–Crippen LogP) is 3.99. The van der Waals surface area contributed by atoms with E-state index in [1.807, 2.05) is 12.1 Å². The van der Waals surface area contributed by atoms with Crippen LogP contribution in [-0.4, -0.2) is 20.7 Å². The third-order valence-corrected chi connectivity index (χ3v) is 3.93. The molecule has 3 aromatic rings. The second kappa shape index (κ2) is 9.10. The van der Waals surface area contributed by atoms with E-state index >= 15 is 0 Å². The van der Waals surface area contributed by atoms with Crippen LogP contribution in [0.15, 0.2) is 66.9 Å². The standard InChI is InChI=1S/C21H16N4O4/c22-12-5-13-24-15-17(10-11-20(26)29-19-8-2-1-3-9-19)21(23-24)16-6-4-7-18(14-16)25(27)28/h1-4,6-11,14-15H,5,13H2. The van der Waals surface area contributed by atoms with Gasteiger partial charge in [-0.15, -0.1) is 0 Å². The molecule has 0 atom stereocenters. The van der Waals surface area contributed by atoms with Gasteiger partial charge in [-0.3, -0.25) is 14.8 Å². The van der Waals surface area contributed by atoms with Crippen LogP contribution < -0.4 is 4.74 Å². The van der Waals surface area contributed by atoms with E-state index in [0.29, 0.717) is 29.1 Å². The van der Waals surface area contributed by atoms with Crippen LogP contribution in [0.2, 0.25) is 0 Å². The first kappa shape index (κ1) is 19.5. The molecule has 8 nitrogen and oxygen atoms in total. The Balaban J connectivity index is 1.89. The molecule has 2 aromatic carbocycles. The molecular weight excluding hydrogens is 372 g/mol. The van der Waals surface area contributed by atoms with Crippen molar-refractivity contribution < 1.29 is 14.5 Å². The number of aryl methyl sites for hydroxylation is 1. The van der Waals surface area contributed by atoms with E-state index in [4.69, 9.17) is 10.00 Å². The largest absolute Gasteiger partial charge is 0.423 e. The first-order chi connectivity index (χ1) is 14.1. The summed E-state index contributed by atoms with van der Waals surface area (Å²) < 4.78 is 6.79. The van der Waals surface area contributed by atoms with Crippen LogP contribution in [0.3, 0.4) is 0 Å². The Kier molecular flexibility index (Phi) is 6.12. The van der Waals surface area contributed by atoms with Gasteiger partial charge in [-0.1, -0.05) is 30.3 Å². The lowest BCUT2D eigenvalue weighted by Crippen LogP contribution is -2.03. The molecule has 0 unspecified atom stereocenters. The second-order valence-electron chi connectivity index (χ2n) is 5.98. The average molecular weight is 388 g/mol. The maximum atomic E-state index is 12.1. The Bertz CT molecular complexity index is 1100. The summed E-state index contributed by atoms with van der Waals surface area (Å²) >= 11 is 0. The fourth-order valence-corrected chi connectivity index (χ4v) is 2.63. The van der Waals surface area contributed by atoms with Gasteiger partial charge < -0.3 is 4.74 Å². The summed E-state index contributed by atoms with van der Waals surface area (Å²) in [6.45, 7) is 0.362. The quantitative estimate of drug-likeness (QED) is 0.199. The summed E-state index contributed by atoms with van der Waals surface area (Å²) in [7, 11) is 0. The number of benzene rings is 2. The number of nitrogens with zero attached hydrogens (tertiary/aromatic N) is 4. The van der Waals surface area contributed by atoms with Gasteiger partial charge in [-0.25, -0.2) is 4.79 Å². The van der Waals surface area contributed by atoms with Crippen molar-refractivity contribution in [2.45, 2.75) is 13.0 Å². The number of hydrogen-bond acceptors (Lipinski definition) is 6. The summed E-state index contributed by atoms with van der Waals surface area (Å²) in [6.07, 6.45) is 4.74. The Labute approximate surface area is 166 Å². The number of rotatable bonds is 7. The van der Waals surface area contributed by atoms with Crippen LogP contribution in [0.5, 0.6) is 5.75 Å². The number of hydrogen-bond donors (Lipinski definition) is 0. The highest BCUT2D eigenvalue weighted by atomic mass is 16.6. The van der Waals surface area contributed by atoms with Crippen molar-refractivity contribution in [3.8, 4) is 23.1 Å². The number of carbonyl (C=O) groups is 1. The number of para-hydroxylation sites is 1. The molecule has 8 heteroatoms. The lowest BCUT2D eigenvalue weighted by atomic mass is 10.1. The van der Waals surface area contributed by atoms with Crippen molar-refractivity contribution >= 4 is 17.7 Å². The maximum absolute atomic E-state index is 12.1. The van der Waals surface area contributed by atoms with Gasteiger partial charge in [-0.2, -0.15) is 10.4 Å². The molecule has 0 radical (unpaired) electrons. The minimum absolute atomic E-state index is 0.0625. The average Bonchev–Trinajstić information content (AvgIpc) is 3.14. The third-order valence-electron chi connectivity index (χ3n) is 3.93. The van der Waals surface area contributed by atoms with Crippen LogP contribution in [0.4, 0.5) is 5.69 Å². The molecule has 0 spiro atoms. The number of ether oxygens (including phenoxy) is 1. The normalized spacial score (nSPS) is 10.6. The van der Waals surface area contributed by atoms with Crippen molar-refractivity contribution in [1.29, 1.82) is 5.26 Å². The van der Waals surface area contributed by atoms with Crippen LogP contribution in [0.25, 0.3) is 17.3 Å². The van der Waals surface area contributed by atoms with Gasteiger partial charge in [0.25, 0.3) is 5.69 Å². The molecule has 0 aliphatic heterocycles. The molecule has 29 heavy (non-hydrogen) atoms. The van der Waals surface area contributed by atoms with E-state index in [9.17, 15) is 14.9 Å². The van der Waals surface area contributed by atoms with Crippen LogP contribution in [0, 0.1) is 21.4 Å². The zero-order chi connectivity index (χ0) is 20.6. The van der Waals surface area contributed by atoms with E-state index in [1.165, 1.54) is 24.3 Å². The molecule has 0 N–H and O–H groups in total. The monoisotopic (exact) mass is 388 g/mol. The van der Waals surface area contributed by atoms with Gasteiger partial charge >= 0.3 is 5.97 Å². The first-order valence-corrected chi connectivity index (χ1v) is 8.71. The summed E-state index contributed by atoms with van der Waals surface area (Å²) in [6, 6.07) is 16.8. The number of esters is 1. The molecule has 0 fully saturated rings. The second-order valence-corrected chi connectivity index (χ2v) is 5.98. The molecule has 0 amide bonds. The van der Waals surface area contributed by atoms with E-state index in [2.05, 4.69) is 5.10 Å². The van der Waals surface area contributed by atoms with Crippen molar-refractivity contribution in [2.75, 3.05) is 0 Å². The van der Waals surface area contributed by atoms with Crippen molar-refractivity contribution in [3.63, 3.8) is 0 Å². The predicted molar refractivity (Wildman–Crippen MR) is 106 cm³/mol. The fraction of sp³-hybridized carbons (Fsp3) is 0.0952. The number of nitriles is 1. The maximum Gasteiger partial charge on any atom is 0.336 e. The lowest BCUT2D eigenvalue weighted by molar-refractivity contribution is -0.384. The number of carbonyl (C=O) groups excluding carboxylic acids is 1. The van der Waals surface area contributed by atoms with Gasteiger partial charge in [0, 0.05) is 35.5 Å². The fourth-order valence-electron chi connectivity index (χ4n) is 2.63. The van der Waals surface area contributed by atoms with Gasteiger partial charge in [-0.05, 0) is 18.2 Å². The Morgan fingerprint density at radius 2 is 2.03 bits per heavy atom. The minimum atomic E-state index is -0.564. The summed E-state index contributed by atoms with van der Waals surface area (Å²) in [5.74, 6) is -0.142. The Morgan fingerprint density at radius 3 is 2.76 bits per heavy atom. The van der Waals surface area contributed by atoms with Gasteiger partial charge in [0.15, 0.2) is 0 Å². The van der Waals surface area contributed by atoms with Gasteiger partial charge in [0.1, 0.15) is 5.75 Å². The van der Waals surface area contributed by atoms with Crippen LogP contribution in [-0.2, 0) is 11.3 Å². The van der Waals surface area contributed by atoms with Crippen molar-refractivity contribution in [2.24, 2.45) is 0 Å². The third kappa shape index (κ3) is 5.14. The molecule has 1 heterocycles. The molecule has 0 aliphatic carbocycles. The summed E-state index contributed by atoms with van der Waals surface area (Å²) in [5, 5.41) is 24.3. The molecular formula is C21H16N4O4. The SMILES string of the molecule is N#CCCn1cc(C=CC(=O)Oc2ccccc2)c(-c2cccc([N+](=O)[O-])c2)n1. The Hall–Kier alpha value is -4.25. The number of non-ortho nitro benzene ring substituents is 1. The molecule has 144 valence electrons. The molecule has 0 saturated carbocycles. The van der Waals surface area contributed by atoms with Gasteiger partial charge in [0.05, 0.1) is 29.7 Å². The highest BCUT2D eigenvalue weighted by Crippen LogP contribution is 2.27. The number of aromatic nitrogens is 2. The molecule has 0 bridgehead atoms. The molecule has 0 aliphatic rings. The highest BCUT2D eigenvalue weighted by molar-refractivity contribution is 5.90. The smallest absolute Gasteiger partial charge is 0.336 e. The molecule has 1 aromatic heterocycles. The van der Waals surface area contributed by atoms with Gasteiger partial charge in [0.2, 0.25) is 0 Å². The minimum Gasteiger partial charge on any atom is -0.423 e. The zero-order valence-electron chi connectivity index (χ0n) is 15.3. The van der Waals surface area contributed by atoms with E-state index < -0.39 is 10.9 Å². The van der Waals surface area contributed by atoms with Crippen molar-refractivity contribution in [3.05, 3.63) is 82.5 Å². The van der Waals surface area contributed by atoms with E-state index in [0.717, 1.165) is 0 Å². The van der Waals surface area contributed by atoms with Crippen LogP contribution in [0.1, 0.15) is 12.0 Å². The summed E-state index contributed by atoms with van der Waals surface area (Å²) in [4.78, 5) is 22.7. The van der Waals surface area contributed by atoms with E-state index in [1.54, 1.807) is 47.3 Å². The van der Waals surface area contributed by atoms with Crippen molar-refractivity contribution in [1.82, 2.24) is 9.78 Å².